The second-order valence-corrected chi connectivity index (χ2v) is 3.68. The molecule has 0 aromatic heterocycles. The summed E-state index contributed by atoms with van der Waals surface area (Å²) in [6, 6.07) is 4.39. The molecule has 0 bridgehead atoms. The molecular weight excluding hydrogens is 261 g/mol. The van der Waals surface area contributed by atoms with E-state index in [9.17, 15) is 0 Å². The van der Waals surface area contributed by atoms with Crippen molar-refractivity contribution in [2.75, 3.05) is 0 Å². The van der Waals surface area contributed by atoms with Gasteiger partial charge in [0.05, 0.1) is 0 Å². The SMILES string of the molecule is Cc1cc2c(cc1C)C(C)[N-]C2=N.[CH3-].[Y]. The van der Waals surface area contributed by atoms with Crippen molar-refractivity contribution in [3.63, 3.8) is 0 Å². The molecule has 2 rings (SSSR count). The van der Waals surface area contributed by atoms with Gasteiger partial charge in [0.2, 0.25) is 0 Å². The van der Waals surface area contributed by atoms with Gasteiger partial charge in [-0.3, -0.25) is 0 Å². The molecule has 15 heavy (non-hydrogen) atoms. The normalized spacial score (nSPS) is 17.3. The summed E-state index contributed by atoms with van der Waals surface area (Å²) in [5.74, 6) is 0.436. The minimum atomic E-state index is 0. The molecule has 0 spiro atoms. The van der Waals surface area contributed by atoms with E-state index in [1.807, 2.05) is 6.92 Å². The van der Waals surface area contributed by atoms with Gasteiger partial charge in [0, 0.05) is 32.7 Å². The summed E-state index contributed by atoms with van der Waals surface area (Å²) in [6.45, 7) is 6.21. The van der Waals surface area contributed by atoms with Crippen LogP contribution in [0.15, 0.2) is 12.1 Å². The molecule has 1 radical (unpaired) electrons. The fourth-order valence-corrected chi connectivity index (χ4v) is 1.72. The van der Waals surface area contributed by atoms with Gasteiger partial charge in [-0.1, -0.05) is 24.9 Å². The largest absolute Gasteiger partial charge is 0.482 e. The Morgan fingerprint density at radius 2 is 1.73 bits per heavy atom. The first-order chi connectivity index (χ1) is 6.09. The van der Waals surface area contributed by atoms with Crippen molar-refractivity contribution in [3.8, 4) is 0 Å². The Hall–Kier alpha value is -0.206. The number of hydrogen-bond donors (Lipinski definition) is 1. The number of hydrogen-bond acceptors (Lipinski definition) is 1. The molecule has 1 aliphatic rings. The number of benzene rings is 1. The van der Waals surface area contributed by atoms with Crippen LogP contribution in [0.1, 0.15) is 35.2 Å². The van der Waals surface area contributed by atoms with Gasteiger partial charge in [-0.25, -0.2) is 0 Å². The minimum Gasteiger partial charge on any atom is -0.482 e. The van der Waals surface area contributed by atoms with Crippen molar-refractivity contribution in [1.29, 1.82) is 5.41 Å². The molecule has 1 unspecified atom stereocenters. The van der Waals surface area contributed by atoms with Crippen LogP contribution in [-0.2, 0) is 32.7 Å². The Labute approximate surface area is 117 Å². The summed E-state index contributed by atoms with van der Waals surface area (Å²) in [7, 11) is 0. The molecule has 0 aliphatic carbocycles. The summed E-state index contributed by atoms with van der Waals surface area (Å²) in [6.07, 6.45) is 0. The molecule has 0 fully saturated rings. The molecule has 1 atom stereocenters. The maximum Gasteiger partial charge on any atom is 0 e. The topological polar surface area (TPSA) is 38.0 Å². The molecule has 1 N–H and O–H groups in total. The molecular formula is C12H16N2Y-2. The molecule has 0 saturated carbocycles. The quantitative estimate of drug-likeness (QED) is 0.705. The first kappa shape index (κ1) is 14.8. The molecule has 2 nitrogen and oxygen atoms in total. The van der Waals surface area contributed by atoms with Crippen LogP contribution in [0.4, 0.5) is 0 Å². The van der Waals surface area contributed by atoms with Crippen LogP contribution in [0.25, 0.3) is 5.32 Å². The van der Waals surface area contributed by atoms with Crippen LogP contribution >= 0.6 is 0 Å². The summed E-state index contributed by atoms with van der Waals surface area (Å²) in [5, 5.41) is 11.9. The maximum atomic E-state index is 7.66. The van der Waals surface area contributed by atoms with Crippen LogP contribution in [0.5, 0.6) is 0 Å². The third kappa shape index (κ3) is 2.48. The average Bonchev–Trinajstić information content (AvgIpc) is 2.31. The smallest absolute Gasteiger partial charge is 0 e. The standard InChI is InChI=1S/C11H13N2.CH3.Y/c1-6-4-9-8(3)13-11(12)10(9)5-7(6)2;;/h4-5,8H,1-3H3,(H-,12,13);1H3;/q2*-1;. The van der Waals surface area contributed by atoms with E-state index in [1.165, 1.54) is 16.7 Å². The van der Waals surface area contributed by atoms with Crippen molar-refractivity contribution < 1.29 is 32.7 Å². The fraction of sp³-hybridized carbons (Fsp3) is 0.333. The Bertz CT molecular complexity index is 385. The third-order valence-electron chi connectivity index (χ3n) is 2.69. The van der Waals surface area contributed by atoms with Crippen molar-refractivity contribution >= 4 is 5.84 Å². The molecule has 3 heteroatoms. The van der Waals surface area contributed by atoms with E-state index in [1.54, 1.807) is 0 Å². The zero-order chi connectivity index (χ0) is 9.59. The van der Waals surface area contributed by atoms with Gasteiger partial charge in [-0.05, 0) is 42.1 Å². The van der Waals surface area contributed by atoms with Crippen molar-refractivity contribution in [1.82, 2.24) is 0 Å². The first-order valence-electron chi connectivity index (χ1n) is 4.50. The molecule has 0 saturated heterocycles. The number of aryl methyl sites for hydroxylation is 2. The van der Waals surface area contributed by atoms with Crippen LogP contribution in [-0.4, -0.2) is 5.84 Å². The van der Waals surface area contributed by atoms with E-state index < -0.39 is 0 Å². The molecule has 1 heterocycles. The number of rotatable bonds is 0. The Kier molecular flexibility index (Phi) is 5.15. The Morgan fingerprint density at radius 3 is 2.33 bits per heavy atom. The third-order valence-corrected chi connectivity index (χ3v) is 2.69. The summed E-state index contributed by atoms with van der Waals surface area (Å²) < 4.78 is 0. The number of nitrogens with one attached hydrogen (secondary N) is 1. The zero-order valence-corrected chi connectivity index (χ0v) is 12.6. The maximum absolute atomic E-state index is 7.66. The monoisotopic (exact) mass is 277 g/mol. The van der Waals surface area contributed by atoms with E-state index in [4.69, 9.17) is 5.41 Å². The fourth-order valence-electron chi connectivity index (χ4n) is 1.72. The zero-order valence-electron chi connectivity index (χ0n) is 9.76. The Balaban J connectivity index is 0.000000980. The molecule has 1 aliphatic heterocycles. The van der Waals surface area contributed by atoms with Gasteiger partial charge >= 0.3 is 0 Å². The van der Waals surface area contributed by atoms with Crippen LogP contribution < -0.4 is 0 Å². The average molecular weight is 277 g/mol. The first-order valence-corrected chi connectivity index (χ1v) is 4.50. The molecule has 1 aromatic rings. The van der Waals surface area contributed by atoms with Crippen LogP contribution in [0.2, 0.25) is 0 Å². The van der Waals surface area contributed by atoms with Crippen molar-refractivity contribution in [2.45, 2.75) is 26.8 Å². The predicted molar refractivity (Wildman–Crippen MR) is 60.9 cm³/mol. The van der Waals surface area contributed by atoms with Crippen molar-refractivity contribution in [2.24, 2.45) is 0 Å². The van der Waals surface area contributed by atoms with Gasteiger partial charge in [0.1, 0.15) is 0 Å². The van der Waals surface area contributed by atoms with E-state index >= 15 is 0 Å². The van der Waals surface area contributed by atoms with E-state index in [2.05, 4.69) is 31.3 Å². The van der Waals surface area contributed by atoms with Gasteiger partial charge in [-0.2, -0.15) is 0 Å². The summed E-state index contributed by atoms with van der Waals surface area (Å²) >= 11 is 0. The molecule has 1 aromatic carbocycles. The summed E-state index contributed by atoms with van der Waals surface area (Å²) in [4.78, 5) is 0. The summed E-state index contributed by atoms with van der Waals surface area (Å²) in [5.41, 5.74) is 4.74. The minimum absolute atomic E-state index is 0. The number of amidine groups is 1. The molecule has 79 valence electrons. The number of nitrogens with zero attached hydrogens (tertiary/aromatic N) is 1. The Morgan fingerprint density at radius 1 is 1.20 bits per heavy atom. The molecule has 0 amide bonds. The second kappa shape index (κ2) is 5.22. The number of fused-ring (bicyclic) bond motifs is 1. The van der Waals surface area contributed by atoms with Gasteiger partial charge < -0.3 is 18.2 Å². The van der Waals surface area contributed by atoms with E-state index in [0.717, 1.165) is 5.56 Å². The van der Waals surface area contributed by atoms with Gasteiger partial charge in [0.25, 0.3) is 0 Å². The van der Waals surface area contributed by atoms with Crippen molar-refractivity contribution in [3.05, 3.63) is 47.1 Å². The van der Waals surface area contributed by atoms with Crippen LogP contribution in [0, 0.1) is 26.7 Å². The van der Waals surface area contributed by atoms with Crippen LogP contribution in [0.3, 0.4) is 0 Å². The van der Waals surface area contributed by atoms with E-state index in [0.29, 0.717) is 5.84 Å². The van der Waals surface area contributed by atoms with E-state index in [-0.39, 0.29) is 46.2 Å². The van der Waals surface area contributed by atoms with Gasteiger partial charge in [0.15, 0.2) is 0 Å². The predicted octanol–water partition coefficient (Wildman–Crippen LogP) is 3.52. The van der Waals surface area contributed by atoms with Gasteiger partial charge in [-0.15, -0.1) is 0 Å². The second-order valence-electron chi connectivity index (χ2n) is 3.68.